The molecule has 0 radical (unpaired) electrons. The zero-order chi connectivity index (χ0) is 9.90. The second kappa shape index (κ2) is 3.77. The summed E-state index contributed by atoms with van der Waals surface area (Å²) in [6, 6.07) is 0. The molecule has 0 aromatic rings. The Kier molecular flexibility index (Phi) is 2.91. The third kappa shape index (κ3) is 2.20. The lowest BCUT2D eigenvalue weighted by Crippen LogP contribution is -2.24. The van der Waals surface area contributed by atoms with Crippen molar-refractivity contribution in [1.29, 1.82) is 0 Å². The second-order valence-corrected chi connectivity index (χ2v) is 3.84. The van der Waals surface area contributed by atoms with Crippen molar-refractivity contribution in [3.05, 3.63) is 24.5 Å². The molecule has 72 valence electrons. The van der Waals surface area contributed by atoms with Crippen LogP contribution in [0.4, 0.5) is 0 Å². The lowest BCUT2D eigenvalue weighted by atomic mass is 9.73. The molecule has 1 aliphatic carbocycles. The van der Waals surface area contributed by atoms with Crippen molar-refractivity contribution < 1.29 is 9.53 Å². The maximum absolute atomic E-state index is 11.4. The monoisotopic (exact) mass is 180 g/mol. The minimum Gasteiger partial charge on any atom is -0.504 e. The van der Waals surface area contributed by atoms with Gasteiger partial charge >= 0.3 is 0 Å². The summed E-state index contributed by atoms with van der Waals surface area (Å²) >= 11 is 0. The molecule has 1 saturated carbocycles. The van der Waals surface area contributed by atoms with E-state index >= 15 is 0 Å². The molecule has 0 bridgehead atoms. The van der Waals surface area contributed by atoms with Crippen LogP contribution >= 0.6 is 0 Å². The highest BCUT2D eigenvalue weighted by Crippen LogP contribution is 2.37. The van der Waals surface area contributed by atoms with Gasteiger partial charge in [-0.1, -0.05) is 13.0 Å². The van der Waals surface area contributed by atoms with Crippen molar-refractivity contribution in [2.24, 2.45) is 5.41 Å². The summed E-state index contributed by atoms with van der Waals surface area (Å²) in [5.74, 6) is 0.209. The molecule has 1 atom stereocenters. The zero-order valence-electron chi connectivity index (χ0n) is 8.30. The number of hydrogen-bond acceptors (Lipinski definition) is 2. The van der Waals surface area contributed by atoms with E-state index in [0.29, 0.717) is 6.42 Å². The average molecular weight is 180 g/mol. The molecule has 1 aliphatic rings. The Bertz CT molecular complexity index is 253. The van der Waals surface area contributed by atoms with Crippen LogP contribution in [0.1, 0.15) is 26.2 Å². The molecule has 0 saturated heterocycles. The number of carbonyl (C=O) groups is 1. The third-order valence-corrected chi connectivity index (χ3v) is 2.63. The van der Waals surface area contributed by atoms with Gasteiger partial charge in [0.1, 0.15) is 0 Å². The molecule has 0 aliphatic heterocycles. The highest BCUT2D eigenvalue weighted by atomic mass is 16.5. The third-order valence-electron chi connectivity index (χ3n) is 2.63. The van der Waals surface area contributed by atoms with Crippen molar-refractivity contribution in [3.63, 3.8) is 0 Å². The number of ether oxygens (including phenoxy) is 1. The first-order valence-electron chi connectivity index (χ1n) is 4.50. The molecular formula is C11H16O2. The van der Waals surface area contributed by atoms with E-state index in [2.05, 4.69) is 13.5 Å². The van der Waals surface area contributed by atoms with Gasteiger partial charge in [-0.05, 0) is 18.3 Å². The van der Waals surface area contributed by atoms with Crippen LogP contribution in [0.25, 0.3) is 0 Å². The van der Waals surface area contributed by atoms with Crippen LogP contribution < -0.4 is 0 Å². The summed E-state index contributed by atoms with van der Waals surface area (Å²) in [5, 5.41) is 0. The predicted molar refractivity (Wildman–Crippen MR) is 52.3 cm³/mol. The summed E-state index contributed by atoms with van der Waals surface area (Å²) in [7, 11) is 1.57. The van der Waals surface area contributed by atoms with Gasteiger partial charge in [0, 0.05) is 12.0 Å². The number of methoxy groups -OCH3 is 1. The smallest absolute Gasteiger partial charge is 0.161 e. The van der Waals surface area contributed by atoms with Crippen molar-refractivity contribution in [1.82, 2.24) is 0 Å². The molecular weight excluding hydrogens is 164 g/mol. The normalized spacial score (nSPS) is 31.8. The number of carbonyl (C=O) groups excluding carboxylic acids is 1. The fourth-order valence-electron chi connectivity index (χ4n) is 1.61. The van der Waals surface area contributed by atoms with Gasteiger partial charge in [-0.2, -0.15) is 0 Å². The second-order valence-electron chi connectivity index (χ2n) is 3.84. The molecule has 0 N–H and O–H groups in total. The van der Waals surface area contributed by atoms with Crippen LogP contribution in [-0.4, -0.2) is 12.9 Å². The van der Waals surface area contributed by atoms with Crippen LogP contribution in [0.5, 0.6) is 0 Å². The predicted octanol–water partition coefficient (Wildman–Crippen LogP) is 2.46. The molecule has 0 aromatic heterocycles. The molecule has 0 heterocycles. The van der Waals surface area contributed by atoms with E-state index in [1.54, 1.807) is 13.4 Å². The first-order valence-corrected chi connectivity index (χ1v) is 4.50. The SMILES string of the molecule is C=CC1(C)CCC(=O)C(=COC)C1. The Labute approximate surface area is 79.3 Å². The number of rotatable bonds is 2. The van der Waals surface area contributed by atoms with Crippen LogP contribution in [0, 0.1) is 5.41 Å². The molecule has 0 spiro atoms. The highest BCUT2D eigenvalue weighted by Gasteiger charge is 2.30. The maximum Gasteiger partial charge on any atom is 0.161 e. The van der Waals surface area contributed by atoms with Gasteiger partial charge in [0.25, 0.3) is 0 Å². The van der Waals surface area contributed by atoms with Gasteiger partial charge in [-0.15, -0.1) is 6.58 Å². The fourth-order valence-corrected chi connectivity index (χ4v) is 1.61. The van der Waals surface area contributed by atoms with E-state index in [9.17, 15) is 4.79 Å². The van der Waals surface area contributed by atoms with Crippen molar-refractivity contribution in [2.45, 2.75) is 26.2 Å². The minimum atomic E-state index is 0.0677. The summed E-state index contributed by atoms with van der Waals surface area (Å²) in [4.78, 5) is 11.4. The van der Waals surface area contributed by atoms with Crippen molar-refractivity contribution in [3.8, 4) is 0 Å². The van der Waals surface area contributed by atoms with Gasteiger partial charge in [0.2, 0.25) is 0 Å². The maximum atomic E-state index is 11.4. The van der Waals surface area contributed by atoms with E-state index < -0.39 is 0 Å². The van der Waals surface area contributed by atoms with E-state index in [1.807, 2.05) is 6.08 Å². The Morgan fingerprint density at radius 2 is 2.31 bits per heavy atom. The molecule has 13 heavy (non-hydrogen) atoms. The molecule has 1 rings (SSSR count). The Hall–Kier alpha value is -1.05. The van der Waals surface area contributed by atoms with Crippen LogP contribution in [0.2, 0.25) is 0 Å². The summed E-state index contributed by atoms with van der Waals surface area (Å²) < 4.78 is 4.87. The summed E-state index contributed by atoms with van der Waals surface area (Å²) in [6.45, 7) is 5.92. The van der Waals surface area contributed by atoms with Crippen molar-refractivity contribution >= 4 is 5.78 Å². The summed E-state index contributed by atoms with van der Waals surface area (Å²) in [6.07, 6.45) is 5.75. The van der Waals surface area contributed by atoms with Crippen LogP contribution in [-0.2, 0) is 9.53 Å². The van der Waals surface area contributed by atoms with Gasteiger partial charge in [0.05, 0.1) is 13.4 Å². The topological polar surface area (TPSA) is 26.3 Å². The lowest BCUT2D eigenvalue weighted by Gasteiger charge is -2.30. The number of hydrogen-bond donors (Lipinski definition) is 0. The average Bonchev–Trinajstić information content (AvgIpc) is 2.12. The molecule has 2 nitrogen and oxygen atoms in total. The highest BCUT2D eigenvalue weighted by molar-refractivity contribution is 5.96. The van der Waals surface area contributed by atoms with E-state index in [1.165, 1.54) is 0 Å². The largest absolute Gasteiger partial charge is 0.504 e. The van der Waals surface area contributed by atoms with Gasteiger partial charge in [-0.3, -0.25) is 4.79 Å². The molecule has 1 fully saturated rings. The standard InChI is InChI=1S/C11H16O2/c1-4-11(2)6-5-10(12)9(7-11)8-13-3/h4,8H,1,5-7H2,2-3H3. The Morgan fingerprint density at radius 3 is 2.85 bits per heavy atom. The van der Waals surface area contributed by atoms with Gasteiger partial charge < -0.3 is 4.74 Å². The number of allylic oxidation sites excluding steroid dienone is 2. The summed E-state index contributed by atoms with van der Waals surface area (Å²) in [5.41, 5.74) is 0.856. The first-order chi connectivity index (χ1) is 6.11. The Morgan fingerprint density at radius 1 is 1.62 bits per heavy atom. The fraction of sp³-hybridized carbons (Fsp3) is 0.545. The molecule has 0 amide bonds. The van der Waals surface area contributed by atoms with E-state index in [-0.39, 0.29) is 11.2 Å². The van der Waals surface area contributed by atoms with E-state index in [0.717, 1.165) is 18.4 Å². The molecule has 1 unspecified atom stereocenters. The number of Topliss-reactive ketones (excluding diaryl/α,β-unsaturated/α-hetero) is 1. The van der Waals surface area contributed by atoms with Gasteiger partial charge in [-0.25, -0.2) is 0 Å². The first kappa shape index (κ1) is 10.0. The van der Waals surface area contributed by atoms with Crippen LogP contribution in [0.3, 0.4) is 0 Å². The molecule has 0 aromatic carbocycles. The Balaban J connectivity index is 2.80. The number of ketones is 1. The minimum absolute atomic E-state index is 0.0677. The zero-order valence-corrected chi connectivity index (χ0v) is 8.30. The lowest BCUT2D eigenvalue weighted by molar-refractivity contribution is -0.117. The van der Waals surface area contributed by atoms with Crippen LogP contribution in [0.15, 0.2) is 24.5 Å². The van der Waals surface area contributed by atoms with Gasteiger partial charge in [0.15, 0.2) is 5.78 Å². The van der Waals surface area contributed by atoms with E-state index in [4.69, 9.17) is 4.74 Å². The molecule has 2 heteroatoms. The van der Waals surface area contributed by atoms with Crippen molar-refractivity contribution in [2.75, 3.05) is 7.11 Å². The quantitative estimate of drug-likeness (QED) is 0.370.